The Morgan fingerprint density at radius 1 is 1.12 bits per heavy atom. The molecule has 132 valence electrons. The number of carbonyl (C=O) groups excluding carboxylic acids is 1. The van der Waals surface area contributed by atoms with Crippen LogP contribution in [0.5, 0.6) is 0 Å². The lowest BCUT2D eigenvalue weighted by Crippen LogP contribution is -2.36. The average molecular weight is 381 g/mol. The molecule has 2 aromatic carbocycles. The molecular weight excluding hydrogens is 360 g/mol. The average Bonchev–Trinajstić information content (AvgIpc) is 3.10. The van der Waals surface area contributed by atoms with Gasteiger partial charge >= 0.3 is 0 Å². The summed E-state index contributed by atoms with van der Waals surface area (Å²) < 4.78 is 2.31. The Kier molecular flexibility index (Phi) is 5.09. The van der Waals surface area contributed by atoms with Crippen LogP contribution in [-0.2, 0) is 5.75 Å². The number of benzene rings is 2. The number of likely N-dealkylation sites (tertiary alicyclic amines) is 1. The lowest BCUT2D eigenvalue weighted by atomic mass is 10.0. The van der Waals surface area contributed by atoms with Crippen molar-refractivity contribution in [1.82, 2.24) is 9.88 Å². The summed E-state index contributed by atoms with van der Waals surface area (Å²) in [6.07, 6.45) is 1.84. The second-order valence-corrected chi connectivity index (χ2v) is 8.73. The fraction of sp³-hybridized carbons (Fsp3) is 0.238. The Morgan fingerprint density at radius 3 is 2.58 bits per heavy atom. The summed E-state index contributed by atoms with van der Waals surface area (Å²) in [7, 11) is 0. The first-order valence-corrected chi connectivity index (χ1v) is 10.5. The van der Waals surface area contributed by atoms with Crippen molar-refractivity contribution in [3.8, 4) is 0 Å². The van der Waals surface area contributed by atoms with Gasteiger partial charge in [-0.2, -0.15) is 0 Å². The zero-order chi connectivity index (χ0) is 17.9. The molecule has 0 radical (unpaired) electrons. The Balaban J connectivity index is 1.38. The fourth-order valence-corrected chi connectivity index (χ4v) is 5.03. The molecule has 26 heavy (non-hydrogen) atoms. The predicted octanol–water partition coefficient (Wildman–Crippen LogP) is 5.38. The van der Waals surface area contributed by atoms with E-state index < -0.39 is 0 Å². The van der Waals surface area contributed by atoms with Gasteiger partial charge in [-0.15, -0.1) is 11.3 Å². The molecule has 5 heteroatoms. The highest BCUT2D eigenvalue weighted by molar-refractivity contribution is 8.00. The normalized spacial score (nSPS) is 14.8. The number of hydrogen-bond acceptors (Lipinski definition) is 4. The van der Waals surface area contributed by atoms with Gasteiger partial charge in [0.15, 0.2) is 4.34 Å². The Hall–Kier alpha value is -2.11. The maximum Gasteiger partial charge on any atom is 0.253 e. The molecule has 4 rings (SSSR count). The number of aromatic nitrogens is 1. The number of amides is 1. The first-order chi connectivity index (χ1) is 12.7. The van der Waals surface area contributed by atoms with Gasteiger partial charge in [-0.25, -0.2) is 4.98 Å². The highest BCUT2D eigenvalue weighted by Crippen LogP contribution is 2.31. The molecule has 1 aromatic heterocycles. The van der Waals surface area contributed by atoms with Crippen LogP contribution in [0, 0.1) is 0 Å². The Morgan fingerprint density at radius 2 is 1.85 bits per heavy atom. The van der Waals surface area contributed by atoms with E-state index in [2.05, 4.69) is 29.8 Å². The van der Waals surface area contributed by atoms with Crippen molar-refractivity contribution in [2.75, 3.05) is 13.1 Å². The molecule has 1 aliphatic heterocycles. The third-order valence-electron chi connectivity index (χ3n) is 4.60. The molecule has 0 spiro atoms. The molecule has 1 amide bonds. The van der Waals surface area contributed by atoms with E-state index in [9.17, 15) is 4.79 Å². The van der Waals surface area contributed by atoms with Crippen LogP contribution in [0.3, 0.4) is 0 Å². The number of nitrogens with zero attached hydrogens (tertiary/aromatic N) is 2. The van der Waals surface area contributed by atoms with Crippen LogP contribution >= 0.6 is 23.1 Å². The van der Waals surface area contributed by atoms with Crippen LogP contribution in [0.15, 0.2) is 65.0 Å². The van der Waals surface area contributed by atoms with Crippen molar-refractivity contribution in [2.24, 2.45) is 0 Å². The van der Waals surface area contributed by atoms with E-state index in [0.717, 1.165) is 47.1 Å². The van der Waals surface area contributed by atoms with Gasteiger partial charge in [0.25, 0.3) is 5.91 Å². The summed E-state index contributed by atoms with van der Waals surface area (Å²) >= 11 is 3.47. The van der Waals surface area contributed by atoms with Crippen molar-refractivity contribution in [2.45, 2.75) is 22.9 Å². The van der Waals surface area contributed by atoms with Gasteiger partial charge in [0.05, 0.1) is 10.2 Å². The number of piperidine rings is 1. The van der Waals surface area contributed by atoms with E-state index in [1.54, 1.807) is 23.1 Å². The molecule has 0 atom stereocenters. The largest absolute Gasteiger partial charge is 0.338 e. The zero-order valence-corrected chi connectivity index (χ0v) is 16.1. The molecule has 1 saturated heterocycles. The molecule has 0 N–H and O–H groups in total. The number of thiazole rings is 1. The highest BCUT2D eigenvalue weighted by Gasteiger charge is 2.19. The topological polar surface area (TPSA) is 33.2 Å². The SMILES string of the molecule is C=C1CCN(C(=O)c2ccc(CSc3nc4ccccc4s3)cc2)CC1. The quantitative estimate of drug-likeness (QED) is 0.450. The van der Waals surface area contributed by atoms with E-state index in [-0.39, 0.29) is 5.91 Å². The van der Waals surface area contributed by atoms with E-state index in [1.807, 2.05) is 35.2 Å². The summed E-state index contributed by atoms with van der Waals surface area (Å²) in [4.78, 5) is 19.2. The van der Waals surface area contributed by atoms with Crippen LogP contribution in [0.4, 0.5) is 0 Å². The van der Waals surface area contributed by atoms with E-state index >= 15 is 0 Å². The van der Waals surface area contributed by atoms with Crippen LogP contribution in [0.1, 0.15) is 28.8 Å². The highest BCUT2D eigenvalue weighted by atomic mass is 32.2. The summed E-state index contributed by atoms with van der Waals surface area (Å²) in [6, 6.07) is 16.2. The predicted molar refractivity (Wildman–Crippen MR) is 110 cm³/mol. The molecule has 0 unspecified atom stereocenters. The van der Waals surface area contributed by atoms with Gasteiger partial charge in [-0.1, -0.05) is 48.2 Å². The second kappa shape index (κ2) is 7.64. The summed E-state index contributed by atoms with van der Waals surface area (Å²) in [5, 5.41) is 0. The summed E-state index contributed by atoms with van der Waals surface area (Å²) in [6.45, 7) is 5.58. The van der Waals surface area contributed by atoms with Gasteiger partial charge < -0.3 is 4.90 Å². The number of para-hydroxylation sites is 1. The monoisotopic (exact) mass is 380 g/mol. The number of carbonyl (C=O) groups is 1. The van der Waals surface area contributed by atoms with Crippen molar-refractivity contribution in [1.29, 1.82) is 0 Å². The van der Waals surface area contributed by atoms with E-state index in [4.69, 9.17) is 0 Å². The molecule has 3 nitrogen and oxygen atoms in total. The van der Waals surface area contributed by atoms with Crippen molar-refractivity contribution in [3.05, 3.63) is 71.8 Å². The maximum absolute atomic E-state index is 12.6. The van der Waals surface area contributed by atoms with Crippen molar-refractivity contribution < 1.29 is 4.79 Å². The number of rotatable bonds is 4. The number of fused-ring (bicyclic) bond motifs is 1. The third-order valence-corrected chi connectivity index (χ3v) is 6.85. The lowest BCUT2D eigenvalue weighted by Gasteiger charge is -2.28. The second-order valence-electron chi connectivity index (χ2n) is 6.48. The maximum atomic E-state index is 12.6. The van der Waals surface area contributed by atoms with Crippen molar-refractivity contribution >= 4 is 39.2 Å². The van der Waals surface area contributed by atoms with Gasteiger partial charge in [0.1, 0.15) is 0 Å². The van der Waals surface area contributed by atoms with Gasteiger partial charge in [-0.05, 0) is 42.7 Å². The molecule has 3 aromatic rings. The van der Waals surface area contributed by atoms with Crippen LogP contribution in [0.2, 0.25) is 0 Å². The fourth-order valence-electron chi connectivity index (χ4n) is 3.01. The third kappa shape index (κ3) is 3.84. The first-order valence-electron chi connectivity index (χ1n) is 8.72. The molecule has 0 saturated carbocycles. The van der Waals surface area contributed by atoms with Gasteiger partial charge in [0.2, 0.25) is 0 Å². The molecular formula is C21H20N2OS2. The van der Waals surface area contributed by atoms with Crippen LogP contribution in [-0.4, -0.2) is 28.9 Å². The van der Waals surface area contributed by atoms with E-state index in [1.165, 1.54) is 15.8 Å². The van der Waals surface area contributed by atoms with Gasteiger partial charge in [0, 0.05) is 24.4 Å². The summed E-state index contributed by atoms with van der Waals surface area (Å²) in [5.74, 6) is 0.987. The Bertz CT molecular complexity index is 903. The molecule has 0 aliphatic carbocycles. The standard InChI is InChI=1S/C21H20N2OS2/c1-15-10-12-23(13-11-15)20(24)17-8-6-16(7-9-17)14-25-21-22-18-4-2-3-5-19(18)26-21/h2-9H,1,10-14H2. The lowest BCUT2D eigenvalue weighted by molar-refractivity contribution is 0.0744. The van der Waals surface area contributed by atoms with E-state index in [0.29, 0.717) is 0 Å². The Labute approximate surface area is 161 Å². The summed E-state index contributed by atoms with van der Waals surface area (Å²) in [5.41, 5.74) is 4.28. The zero-order valence-electron chi connectivity index (χ0n) is 14.5. The van der Waals surface area contributed by atoms with Crippen LogP contribution in [0.25, 0.3) is 10.2 Å². The molecule has 0 bridgehead atoms. The minimum Gasteiger partial charge on any atom is -0.338 e. The number of hydrogen-bond donors (Lipinski definition) is 0. The molecule has 1 aliphatic rings. The smallest absolute Gasteiger partial charge is 0.253 e. The number of thioether (sulfide) groups is 1. The minimum absolute atomic E-state index is 0.128. The molecule has 1 fully saturated rings. The van der Waals surface area contributed by atoms with Crippen LogP contribution < -0.4 is 0 Å². The molecule has 2 heterocycles. The first kappa shape index (κ1) is 17.3. The minimum atomic E-state index is 0.128. The van der Waals surface area contributed by atoms with Crippen molar-refractivity contribution in [3.63, 3.8) is 0 Å². The van der Waals surface area contributed by atoms with Gasteiger partial charge in [-0.3, -0.25) is 4.79 Å².